The Kier molecular flexibility index (Phi) is 8.96. The Morgan fingerprint density at radius 3 is 2.57 bits per heavy atom. The van der Waals surface area contributed by atoms with E-state index in [0.717, 1.165) is 46.8 Å². The molecular weight excluding hydrogens is 394 g/mol. The molecule has 0 bridgehead atoms. The maximum Gasteiger partial charge on any atom is 0.129 e. The Hall–Kier alpha value is -1.40. The molecule has 0 unspecified atom stereocenters. The minimum Gasteiger partial charge on any atom is -0.507 e. The van der Waals surface area contributed by atoms with Crippen LogP contribution in [0.1, 0.15) is 38.7 Å². The molecule has 1 atom stereocenters. The Balaban J connectivity index is 2.09. The molecule has 2 aromatic carbocycles. The Morgan fingerprint density at radius 2 is 1.93 bits per heavy atom. The van der Waals surface area contributed by atoms with Gasteiger partial charge in [0.25, 0.3) is 0 Å². The van der Waals surface area contributed by atoms with Crippen molar-refractivity contribution in [2.45, 2.75) is 54.9 Å². The van der Waals surface area contributed by atoms with Crippen LogP contribution in [0.15, 0.2) is 46.2 Å². The lowest BCUT2D eigenvalue weighted by molar-refractivity contribution is 0.121. The van der Waals surface area contributed by atoms with Crippen molar-refractivity contribution in [3.05, 3.63) is 47.0 Å². The summed E-state index contributed by atoms with van der Waals surface area (Å²) in [6, 6.07) is 11.2. The Labute approximate surface area is 177 Å². The zero-order chi connectivity index (χ0) is 20.6. The summed E-state index contributed by atoms with van der Waals surface area (Å²) in [5, 5.41) is 10.8. The van der Waals surface area contributed by atoms with E-state index in [9.17, 15) is 5.11 Å². The highest BCUT2D eigenvalue weighted by Gasteiger charge is 2.24. The van der Waals surface area contributed by atoms with Crippen molar-refractivity contribution < 1.29 is 14.6 Å². The van der Waals surface area contributed by atoms with Gasteiger partial charge in [0.05, 0.1) is 18.1 Å². The summed E-state index contributed by atoms with van der Waals surface area (Å²) in [5.41, 5.74) is 7.23. The van der Waals surface area contributed by atoms with Gasteiger partial charge >= 0.3 is 0 Å². The summed E-state index contributed by atoms with van der Waals surface area (Å²) in [4.78, 5) is 1.70. The first-order valence-electron chi connectivity index (χ1n) is 9.60. The first-order chi connectivity index (χ1) is 13.4. The summed E-state index contributed by atoms with van der Waals surface area (Å²) in [5.74, 6) is 0.958. The molecule has 28 heavy (non-hydrogen) atoms. The molecule has 154 valence electrons. The highest BCUT2D eigenvalue weighted by molar-refractivity contribution is 7.99. The van der Waals surface area contributed by atoms with Crippen molar-refractivity contribution >= 4 is 23.4 Å². The molecule has 0 fully saturated rings. The van der Waals surface area contributed by atoms with Crippen molar-refractivity contribution in [3.63, 3.8) is 0 Å². The minimum atomic E-state index is -0.328. The minimum absolute atomic E-state index is 0.223. The smallest absolute Gasteiger partial charge is 0.129 e. The highest BCUT2D eigenvalue weighted by atomic mass is 35.5. The molecule has 2 aromatic rings. The normalized spacial score (nSPS) is 13.3. The molecule has 0 heterocycles. The second-order valence-corrected chi connectivity index (χ2v) is 8.49. The molecule has 6 heteroatoms. The van der Waals surface area contributed by atoms with Gasteiger partial charge in [0.2, 0.25) is 0 Å². The monoisotopic (exact) mass is 423 g/mol. The molecule has 2 rings (SSSR count). The quantitative estimate of drug-likeness (QED) is 0.487. The maximum absolute atomic E-state index is 10.1. The van der Waals surface area contributed by atoms with Gasteiger partial charge in [-0.1, -0.05) is 42.8 Å². The molecule has 0 aromatic heterocycles. The fourth-order valence-corrected chi connectivity index (χ4v) is 4.45. The van der Waals surface area contributed by atoms with Crippen LogP contribution in [0.4, 0.5) is 0 Å². The molecule has 0 aliphatic heterocycles. The van der Waals surface area contributed by atoms with Crippen LogP contribution in [0, 0.1) is 0 Å². The molecule has 0 spiro atoms. The van der Waals surface area contributed by atoms with Crippen LogP contribution in [0.5, 0.6) is 11.5 Å². The van der Waals surface area contributed by atoms with Gasteiger partial charge in [0.15, 0.2) is 0 Å². The molecule has 0 aliphatic rings. The van der Waals surface area contributed by atoms with E-state index in [1.54, 1.807) is 19.2 Å². The zero-order valence-electron chi connectivity index (χ0n) is 16.8. The summed E-state index contributed by atoms with van der Waals surface area (Å²) < 4.78 is 10.8. The zero-order valence-corrected chi connectivity index (χ0v) is 18.4. The average Bonchev–Trinajstić information content (AvgIpc) is 2.64. The number of nitrogens with two attached hydrogens (primary N) is 1. The molecular formula is C22H30ClNO3S. The van der Waals surface area contributed by atoms with Gasteiger partial charge in [-0.2, -0.15) is 0 Å². The summed E-state index contributed by atoms with van der Waals surface area (Å²) in [7, 11) is 1.69. The van der Waals surface area contributed by atoms with Crippen LogP contribution >= 0.6 is 23.4 Å². The van der Waals surface area contributed by atoms with Gasteiger partial charge in [-0.15, -0.1) is 0 Å². The average molecular weight is 424 g/mol. The third-order valence-electron chi connectivity index (χ3n) is 4.57. The molecule has 3 N–H and O–H groups in total. The van der Waals surface area contributed by atoms with E-state index in [-0.39, 0.29) is 11.3 Å². The lowest BCUT2D eigenvalue weighted by Gasteiger charge is -2.28. The number of phenols is 1. The van der Waals surface area contributed by atoms with Crippen molar-refractivity contribution in [3.8, 4) is 11.5 Å². The number of benzene rings is 2. The van der Waals surface area contributed by atoms with Gasteiger partial charge in [-0.05, 0) is 62.1 Å². The third kappa shape index (κ3) is 6.59. The van der Waals surface area contributed by atoms with Gasteiger partial charge in [0.1, 0.15) is 11.5 Å². The molecule has 0 amide bonds. The third-order valence-corrected chi connectivity index (χ3v) is 5.95. The van der Waals surface area contributed by atoms with Crippen LogP contribution in [-0.4, -0.2) is 31.0 Å². The molecule has 4 nitrogen and oxygen atoms in total. The number of ether oxygens (including phenoxy) is 2. The number of hydrogen-bond donors (Lipinski definition) is 2. The number of aromatic hydroxyl groups is 1. The first kappa shape index (κ1) is 22.9. The van der Waals surface area contributed by atoms with Gasteiger partial charge in [-0.3, -0.25) is 0 Å². The first-order valence-corrected chi connectivity index (χ1v) is 10.8. The fourth-order valence-electron chi connectivity index (χ4n) is 3.19. The second-order valence-electron chi connectivity index (χ2n) is 6.96. The lowest BCUT2D eigenvalue weighted by atomic mass is 9.89. The Bertz CT molecular complexity index is 763. The van der Waals surface area contributed by atoms with E-state index in [2.05, 4.69) is 6.92 Å². The number of methoxy groups -OCH3 is 1. The molecule has 0 saturated heterocycles. The fraction of sp³-hybridized carbons (Fsp3) is 0.455. The van der Waals surface area contributed by atoms with E-state index in [1.807, 2.05) is 31.2 Å². The predicted octanol–water partition coefficient (Wildman–Crippen LogP) is 5.67. The summed E-state index contributed by atoms with van der Waals surface area (Å²) in [6.45, 7) is 5.19. The SMILES string of the molecule is CCC[C@](N)(CCc1ccc(Sc2cc(OCC)ccc2O)cc1Cl)COC. The van der Waals surface area contributed by atoms with Crippen LogP contribution in [0.3, 0.4) is 0 Å². The Morgan fingerprint density at radius 1 is 1.14 bits per heavy atom. The number of aryl methyl sites for hydroxylation is 1. The molecule has 0 radical (unpaired) electrons. The summed E-state index contributed by atoms with van der Waals surface area (Å²) >= 11 is 7.98. The van der Waals surface area contributed by atoms with Gasteiger partial charge in [-0.25, -0.2) is 0 Å². The number of phenolic OH excluding ortho intramolecular Hbond substituents is 1. The number of hydrogen-bond acceptors (Lipinski definition) is 5. The van der Waals surface area contributed by atoms with E-state index in [4.69, 9.17) is 26.8 Å². The van der Waals surface area contributed by atoms with Crippen molar-refractivity contribution in [2.75, 3.05) is 20.3 Å². The number of halogens is 1. The van der Waals surface area contributed by atoms with Crippen molar-refractivity contribution in [1.29, 1.82) is 0 Å². The topological polar surface area (TPSA) is 64.7 Å². The van der Waals surface area contributed by atoms with Crippen molar-refractivity contribution in [2.24, 2.45) is 5.73 Å². The van der Waals surface area contributed by atoms with Crippen LogP contribution in [-0.2, 0) is 11.2 Å². The van der Waals surface area contributed by atoms with Gasteiger partial charge in [0, 0.05) is 22.6 Å². The second kappa shape index (κ2) is 11.0. The van der Waals surface area contributed by atoms with Crippen LogP contribution in [0.25, 0.3) is 0 Å². The van der Waals surface area contributed by atoms with Gasteiger partial charge < -0.3 is 20.3 Å². The van der Waals surface area contributed by atoms with E-state index >= 15 is 0 Å². The lowest BCUT2D eigenvalue weighted by Crippen LogP contribution is -2.44. The number of rotatable bonds is 11. The highest BCUT2D eigenvalue weighted by Crippen LogP contribution is 2.38. The van der Waals surface area contributed by atoms with Crippen molar-refractivity contribution in [1.82, 2.24) is 0 Å². The largest absolute Gasteiger partial charge is 0.507 e. The maximum atomic E-state index is 10.1. The molecule has 0 saturated carbocycles. The van der Waals surface area contributed by atoms with Crippen LogP contribution < -0.4 is 10.5 Å². The predicted molar refractivity (Wildman–Crippen MR) is 117 cm³/mol. The van der Waals surface area contributed by atoms with Crippen LogP contribution in [0.2, 0.25) is 5.02 Å². The van der Waals surface area contributed by atoms with E-state index in [1.165, 1.54) is 11.8 Å². The van der Waals surface area contributed by atoms with E-state index in [0.29, 0.717) is 18.2 Å². The standard InChI is InChI=1S/C22H30ClNO3S/c1-4-11-22(24,15-26-3)12-10-16-6-8-18(14-19(16)23)28-21-13-17(27-5-2)7-9-20(21)25/h6-9,13-14,25H,4-5,10-12,15,24H2,1-3H3/t22-/m0/s1. The summed E-state index contributed by atoms with van der Waals surface area (Å²) in [6.07, 6.45) is 3.56. The van der Waals surface area contributed by atoms with E-state index < -0.39 is 0 Å². The molecule has 0 aliphatic carbocycles.